The van der Waals surface area contributed by atoms with Crippen LogP contribution in [0.15, 0.2) is 30.3 Å². The van der Waals surface area contributed by atoms with Gasteiger partial charge in [-0.25, -0.2) is 9.59 Å². The van der Waals surface area contributed by atoms with Crippen molar-refractivity contribution in [3.63, 3.8) is 0 Å². The number of benzene rings is 2. The number of hydrogen-bond donors (Lipinski definition) is 1. The summed E-state index contributed by atoms with van der Waals surface area (Å²) in [6, 6.07) is 8.47. The van der Waals surface area contributed by atoms with Gasteiger partial charge < -0.3 is 14.6 Å². The Bertz CT molecular complexity index is 775. The van der Waals surface area contributed by atoms with E-state index >= 15 is 0 Å². The van der Waals surface area contributed by atoms with Gasteiger partial charge in [-0.05, 0) is 61.2 Å². The van der Waals surface area contributed by atoms with Crippen LogP contribution in [0.5, 0.6) is 5.75 Å². The van der Waals surface area contributed by atoms with Crippen LogP contribution in [-0.4, -0.2) is 30.8 Å². The Morgan fingerprint density at radius 3 is 2.25 bits per heavy atom. The van der Waals surface area contributed by atoms with Gasteiger partial charge >= 0.3 is 11.9 Å². The number of aryl methyl sites for hydroxylation is 1. The van der Waals surface area contributed by atoms with Crippen LogP contribution in [0.2, 0.25) is 0 Å². The minimum atomic E-state index is -0.589. The number of carbonyl (C=O) groups is 2. The minimum Gasteiger partial charge on any atom is -0.507 e. The lowest BCUT2D eigenvalue weighted by Gasteiger charge is -2.15. The van der Waals surface area contributed by atoms with Crippen molar-refractivity contribution in [1.82, 2.24) is 0 Å². The first-order valence-corrected chi connectivity index (χ1v) is 7.59. The van der Waals surface area contributed by atoms with Gasteiger partial charge in [0.15, 0.2) is 0 Å². The predicted molar refractivity (Wildman–Crippen MR) is 90.3 cm³/mol. The molecule has 2 aromatic carbocycles. The van der Waals surface area contributed by atoms with E-state index in [1.54, 1.807) is 38.1 Å². The standard InChI is InChI=1S/C19H20O5/c1-5-24-18(21)14-8-6-13(7-9-14)16-11(2)10-15(20)17(12(16)3)19(22)23-4/h6-10,20H,5H2,1-4H3. The second-order valence-electron chi connectivity index (χ2n) is 5.38. The Hall–Kier alpha value is -2.82. The zero-order chi connectivity index (χ0) is 17.9. The molecule has 2 aromatic rings. The van der Waals surface area contributed by atoms with Gasteiger partial charge in [-0.2, -0.15) is 0 Å². The van der Waals surface area contributed by atoms with Crippen LogP contribution >= 0.6 is 0 Å². The van der Waals surface area contributed by atoms with E-state index in [-0.39, 0.29) is 17.3 Å². The third kappa shape index (κ3) is 3.25. The van der Waals surface area contributed by atoms with E-state index in [0.717, 1.165) is 16.7 Å². The molecule has 2 rings (SSSR count). The van der Waals surface area contributed by atoms with Crippen molar-refractivity contribution in [3.05, 3.63) is 52.6 Å². The molecular weight excluding hydrogens is 308 g/mol. The van der Waals surface area contributed by atoms with Crippen LogP contribution in [0.3, 0.4) is 0 Å². The number of carbonyl (C=O) groups excluding carboxylic acids is 2. The van der Waals surface area contributed by atoms with E-state index in [4.69, 9.17) is 9.47 Å². The molecule has 0 radical (unpaired) electrons. The third-order valence-corrected chi connectivity index (χ3v) is 3.83. The summed E-state index contributed by atoms with van der Waals surface area (Å²) in [6.07, 6.45) is 0. The molecule has 0 heterocycles. The molecule has 0 amide bonds. The van der Waals surface area contributed by atoms with Gasteiger partial charge in [0.25, 0.3) is 0 Å². The number of ether oxygens (including phenoxy) is 2. The van der Waals surface area contributed by atoms with E-state index in [0.29, 0.717) is 17.7 Å². The zero-order valence-electron chi connectivity index (χ0n) is 14.2. The molecule has 0 saturated carbocycles. The molecule has 0 aliphatic carbocycles. The van der Waals surface area contributed by atoms with E-state index in [9.17, 15) is 14.7 Å². The number of hydrogen-bond acceptors (Lipinski definition) is 5. The first-order valence-electron chi connectivity index (χ1n) is 7.59. The topological polar surface area (TPSA) is 72.8 Å². The summed E-state index contributed by atoms with van der Waals surface area (Å²) in [6.45, 7) is 5.68. The number of esters is 2. The molecule has 5 nitrogen and oxygen atoms in total. The summed E-state index contributed by atoms with van der Waals surface area (Å²) >= 11 is 0. The van der Waals surface area contributed by atoms with Gasteiger partial charge in [-0.15, -0.1) is 0 Å². The van der Waals surface area contributed by atoms with Gasteiger partial charge in [0.1, 0.15) is 11.3 Å². The van der Waals surface area contributed by atoms with Gasteiger partial charge in [0.2, 0.25) is 0 Å². The molecule has 0 aromatic heterocycles. The van der Waals surface area contributed by atoms with Crippen LogP contribution in [0.25, 0.3) is 11.1 Å². The lowest BCUT2D eigenvalue weighted by molar-refractivity contribution is 0.0525. The Morgan fingerprint density at radius 1 is 1.08 bits per heavy atom. The minimum absolute atomic E-state index is 0.108. The molecule has 0 bridgehead atoms. The van der Waals surface area contributed by atoms with Crippen molar-refractivity contribution < 1.29 is 24.2 Å². The van der Waals surface area contributed by atoms with Crippen molar-refractivity contribution in [2.24, 2.45) is 0 Å². The van der Waals surface area contributed by atoms with Gasteiger partial charge in [0.05, 0.1) is 19.3 Å². The number of aromatic hydroxyl groups is 1. The molecule has 0 saturated heterocycles. The fraction of sp³-hybridized carbons (Fsp3) is 0.263. The third-order valence-electron chi connectivity index (χ3n) is 3.83. The molecule has 0 unspecified atom stereocenters. The van der Waals surface area contributed by atoms with Gasteiger partial charge in [-0.3, -0.25) is 0 Å². The summed E-state index contributed by atoms with van der Waals surface area (Å²) in [4.78, 5) is 23.7. The molecule has 0 atom stereocenters. The van der Waals surface area contributed by atoms with Gasteiger partial charge in [0, 0.05) is 0 Å². The summed E-state index contributed by atoms with van der Waals surface area (Å²) in [5.74, 6) is -1.07. The molecule has 126 valence electrons. The Kier molecular flexibility index (Phi) is 5.24. The number of phenols is 1. The van der Waals surface area contributed by atoms with Crippen molar-refractivity contribution >= 4 is 11.9 Å². The SMILES string of the molecule is CCOC(=O)c1ccc(-c2c(C)cc(O)c(C(=O)OC)c2C)cc1. The fourth-order valence-electron chi connectivity index (χ4n) is 2.75. The average Bonchev–Trinajstić information content (AvgIpc) is 2.55. The second kappa shape index (κ2) is 7.17. The monoisotopic (exact) mass is 328 g/mol. The van der Waals surface area contributed by atoms with Crippen LogP contribution in [0.1, 0.15) is 38.8 Å². The molecule has 24 heavy (non-hydrogen) atoms. The molecule has 5 heteroatoms. The van der Waals surface area contributed by atoms with Crippen molar-refractivity contribution in [3.8, 4) is 16.9 Å². The Labute approximate surface area is 140 Å². The Balaban J connectivity index is 2.52. The summed E-state index contributed by atoms with van der Waals surface area (Å²) < 4.78 is 9.71. The predicted octanol–water partition coefficient (Wildman–Crippen LogP) is 3.64. The van der Waals surface area contributed by atoms with Crippen molar-refractivity contribution in [1.29, 1.82) is 0 Å². The Morgan fingerprint density at radius 2 is 1.71 bits per heavy atom. The highest BCUT2D eigenvalue weighted by atomic mass is 16.5. The highest BCUT2D eigenvalue weighted by Gasteiger charge is 2.20. The lowest BCUT2D eigenvalue weighted by atomic mass is 9.91. The largest absolute Gasteiger partial charge is 0.507 e. The zero-order valence-corrected chi connectivity index (χ0v) is 14.2. The molecule has 0 fully saturated rings. The number of methoxy groups -OCH3 is 1. The van der Waals surface area contributed by atoms with Gasteiger partial charge in [-0.1, -0.05) is 12.1 Å². The number of rotatable bonds is 4. The molecule has 0 aliphatic heterocycles. The molecule has 0 spiro atoms. The quantitative estimate of drug-likeness (QED) is 0.868. The maximum Gasteiger partial charge on any atom is 0.341 e. The van der Waals surface area contributed by atoms with Crippen LogP contribution < -0.4 is 0 Å². The van der Waals surface area contributed by atoms with E-state index in [1.165, 1.54) is 13.2 Å². The second-order valence-corrected chi connectivity index (χ2v) is 5.38. The maximum absolute atomic E-state index is 11.9. The van der Waals surface area contributed by atoms with E-state index in [2.05, 4.69) is 0 Å². The van der Waals surface area contributed by atoms with Crippen molar-refractivity contribution in [2.45, 2.75) is 20.8 Å². The molecular formula is C19H20O5. The van der Waals surface area contributed by atoms with E-state index in [1.807, 2.05) is 6.92 Å². The van der Waals surface area contributed by atoms with Crippen LogP contribution in [-0.2, 0) is 9.47 Å². The normalized spacial score (nSPS) is 10.3. The summed E-state index contributed by atoms with van der Waals surface area (Å²) in [5, 5.41) is 10.1. The highest BCUT2D eigenvalue weighted by Crippen LogP contribution is 2.35. The first-order chi connectivity index (χ1) is 11.4. The summed E-state index contributed by atoms with van der Waals surface area (Å²) in [7, 11) is 1.27. The van der Waals surface area contributed by atoms with E-state index < -0.39 is 5.97 Å². The average molecular weight is 328 g/mol. The molecule has 0 aliphatic rings. The summed E-state index contributed by atoms with van der Waals surface area (Å²) in [5.41, 5.74) is 3.71. The highest BCUT2D eigenvalue weighted by molar-refractivity contribution is 5.97. The maximum atomic E-state index is 11.9. The smallest absolute Gasteiger partial charge is 0.341 e. The first kappa shape index (κ1) is 17.5. The fourth-order valence-corrected chi connectivity index (χ4v) is 2.75. The number of phenolic OH excluding ortho intramolecular Hbond substituents is 1. The lowest BCUT2D eigenvalue weighted by Crippen LogP contribution is -2.07. The van der Waals surface area contributed by atoms with Crippen molar-refractivity contribution in [2.75, 3.05) is 13.7 Å². The molecule has 1 N–H and O–H groups in total. The van der Waals surface area contributed by atoms with Crippen LogP contribution in [0.4, 0.5) is 0 Å². The van der Waals surface area contributed by atoms with Crippen LogP contribution in [0, 0.1) is 13.8 Å².